The van der Waals surface area contributed by atoms with E-state index in [1.807, 2.05) is 37.1 Å². The molecule has 146 valence electrons. The van der Waals surface area contributed by atoms with Gasteiger partial charge >= 0.3 is 0 Å². The number of aliphatic imine (C=N–C) groups is 1. The van der Waals surface area contributed by atoms with Gasteiger partial charge in [-0.1, -0.05) is 26.0 Å². The highest BCUT2D eigenvalue weighted by atomic mass is 16.5. The average molecular weight is 370 g/mol. The Bertz CT molecular complexity index is 778. The van der Waals surface area contributed by atoms with Gasteiger partial charge in [0.15, 0.2) is 5.96 Å². The Kier molecular flexibility index (Phi) is 5.73. The number of aryl methyl sites for hydroxylation is 1. The number of nitrogens with one attached hydrogen (secondary N) is 1. The molecule has 1 aliphatic heterocycles. The van der Waals surface area contributed by atoms with Crippen LogP contribution in [0.25, 0.3) is 0 Å². The zero-order valence-corrected chi connectivity index (χ0v) is 17.1. The maximum atomic E-state index is 5.27. The minimum Gasteiger partial charge on any atom is -0.497 e. The molecular weight excluding hydrogens is 338 g/mol. The standard InChI is InChI=1S/C21H31N5O/c1-21(2,18-6-8-19(27-5)9-7-18)15-23-20(22-3)26-11-10-16(14-26)17-12-24-25(4)13-17/h6-9,12-13,16H,10-11,14-15H2,1-5H3,(H,22,23). The fourth-order valence-corrected chi connectivity index (χ4v) is 3.65. The molecule has 1 fully saturated rings. The van der Waals surface area contributed by atoms with Crippen LogP contribution >= 0.6 is 0 Å². The molecule has 27 heavy (non-hydrogen) atoms. The van der Waals surface area contributed by atoms with Crippen molar-refractivity contribution in [1.82, 2.24) is 20.0 Å². The van der Waals surface area contributed by atoms with E-state index >= 15 is 0 Å². The third kappa shape index (κ3) is 4.43. The van der Waals surface area contributed by atoms with Crippen LogP contribution in [0, 0.1) is 0 Å². The molecule has 0 spiro atoms. The van der Waals surface area contributed by atoms with Crippen LogP contribution < -0.4 is 10.1 Å². The molecule has 2 heterocycles. The van der Waals surface area contributed by atoms with Gasteiger partial charge in [0, 0.05) is 51.3 Å². The van der Waals surface area contributed by atoms with Gasteiger partial charge in [0.05, 0.1) is 13.3 Å². The summed E-state index contributed by atoms with van der Waals surface area (Å²) < 4.78 is 7.14. The number of likely N-dealkylation sites (tertiary alicyclic amines) is 1. The van der Waals surface area contributed by atoms with Gasteiger partial charge in [-0.3, -0.25) is 9.67 Å². The van der Waals surface area contributed by atoms with E-state index in [1.54, 1.807) is 7.11 Å². The molecule has 3 rings (SSSR count). The molecule has 6 heteroatoms. The minimum absolute atomic E-state index is 0.00924. The van der Waals surface area contributed by atoms with Crippen LogP contribution in [0.1, 0.15) is 37.3 Å². The molecule has 1 aromatic heterocycles. The predicted octanol–water partition coefficient (Wildman–Crippen LogP) is 2.77. The fourth-order valence-electron chi connectivity index (χ4n) is 3.65. The van der Waals surface area contributed by atoms with Crippen molar-refractivity contribution in [2.24, 2.45) is 12.0 Å². The van der Waals surface area contributed by atoms with Crippen molar-refractivity contribution in [1.29, 1.82) is 0 Å². The maximum absolute atomic E-state index is 5.27. The van der Waals surface area contributed by atoms with Crippen molar-refractivity contribution in [3.8, 4) is 5.75 Å². The van der Waals surface area contributed by atoms with Gasteiger partial charge in [-0.25, -0.2) is 0 Å². The van der Waals surface area contributed by atoms with Crippen LogP contribution in [0.4, 0.5) is 0 Å². The van der Waals surface area contributed by atoms with Crippen molar-refractivity contribution in [2.45, 2.75) is 31.6 Å². The molecule has 2 aromatic rings. The highest BCUT2D eigenvalue weighted by molar-refractivity contribution is 5.80. The van der Waals surface area contributed by atoms with Crippen molar-refractivity contribution < 1.29 is 4.74 Å². The Balaban J connectivity index is 1.60. The lowest BCUT2D eigenvalue weighted by atomic mass is 9.84. The minimum atomic E-state index is -0.00924. The first-order valence-corrected chi connectivity index (χ1v) is 9.51. The SMILES string of the molecule is CN=C(NCC(C)(C)c1ccc(OC)cc1)N1CCC(c2cnn(C)c2)C1. The number of nitrogens with zero attached hydrogens (tertiary/aromatic N) is 4. The summed E-state index contributed by atoms with van der Waals surface area (Å²) >= 11 is 0. The zero-order chi connectivity index (χ0) is 19.4. The molecule has 1 N–H and O–H groups in total. The molecule has 0 bridgehead atoms. The molecule has 1 aliphatic rings. The van der Waals surface area contributed by atoms with Gasteiger partial charge in [0.1, 0.15) is 5.75 Å². The first-order valence-electron chi connectivity index (χ1n) is 9.51. The molecule has 0 saturated carbocycles. The van der Waals surface area contributed by atoms with Gasteiger partial charge in [-0.15, -0.1) is 0 Å². The molecule has 6 nitrogen and oxygen atoms in total. The first-order chi connectivity index (χ1) is 12.9. The van der Waals surface area contributed by atoms with Crippen LogP contribution in [0.2, 0.25) is 0 Å². The third-order valence-electron chi connectivity index (χ3n) is 5.46. The van der Waals surface area contributed by atoms with E-state index in [0.29, 0.717) is 5.92 Å². The maximum Gasteiger partial charge on any atom is 0.193 e. The summed E-state index contributed by atoms with van der Waals surface area (Å²) in [4.78, 5) is 6.87. The number of guanidine groups is 1. The quantitative estimate of drug-likeness (QED) is 0.650. The van der Waals surface area contributed by atoms with Crippen molar-refractivity contribution in [3.05, 3.63) is 47.8 Å². The molecule has 1 aromatic carbocycles. The third-order valence-corrected chi connectivity index (χ3v) is 5.46. The summed E-state index contributed by atoms with van der Waals surface area (Å²) in [5.74, 6) is 2.38. The summed E-state index contributed by atoms with van der Waals surface area (Å²) in [5, 5.41) is 7.89. The van der Waals surface area contributed by atoms with Crippen molar-refractivity contribution >= 4 is 5.96 Å². The number of methoxy groups -OCH3 is 1. The predicted molar refractivity (Wildman–Crippen MR) is 110 cm³/mol. The lowest BCUT2D eigenvalue weighted by Gasteiger charge is -2.29. The number of hydrogen-bond donors (Lipinski definition) is 1. The molecular formula is C21H31N5O. The Morgan fingerprint density at radius 2 is 2.07 bits per heavy atom. The first kappa shape index (κ1) is 19.3. The second kappa shape index (κ2) is 8.03. The second-order valence-electron chi connectivity index (χ2n) is 7.89. The van der Waals surface area contributed by atoms with E-state index in [1.165, 1.54) is 11.1 Å². The van der Waals surface area contributed by atoms with Crippen LogP contribution in [-0.2, 0) is 12.5 Å². The summed E-state index contributed by atoms with van der Waals surface area (Å²) in [7, 11) is 5.53. The number of ether oxygens (including phenoxy) is 1. The smallest absolute Gasteiger partial charge is 0.193 e. The van der Waals surface area contributed by atoms with Crippen molar-refractivity contribution in [2.75, 3.05) is 33.8 Å². The summed E-state index contributed by atoms with van der Waals surface area (Å²) in [5.41, 5.74) is 2.58. The normalized spacial score (nSPS) is 18.0. The Labute approximate surface area is 162 Å². The zero-order valence-electron chi connectivity index (χ0n) is 17.1. The van der Waals surface area contributed by atoms with E-state index in [9.17, 15) is 0 Å². The molecule has 1 saturated heterocycles. The van der Waals surface area contributed by atoms with E-state index in [0.717, 1.165) is 37.8 Å². The monoisotopic (exact) mass is 369 g/mol. The van der Waals surface area contributed by atoms with Gasteiger partial charge in [0.2, 0.25) is 0 Å². The van der Waals surface area contributed by atoms with Gasteiger partial charge in [-0.05, 0) is 29.7 Å². The van der Waals surface area contributed by atoms with Gasteiger partial charge in [0.25, 0.3) is 0 Å². The van der Waals surface area contributed by atoms with E-state index in [-0.39, 0.29) is 5.41 Å². The lowest BCUT2D eigenvalue weighted by molar-refractivity contribution is 0.413. The summed E-state index contributed by atoms with van der Waals surface area (Å²) in [6, 6.07) is 8.31. The van der Waals surface area contributed by atoms with Gasteiger partial charge in [-0.2, -0.15) is 5.10 Å². The molecule has 1 atom stereocenters. The average Bonchev–Trinajstić information content (AvgIpc) is 3.31. The summed E-state index contributed by atoms with van der Waals surface area (Å²) in [6.45, 7) is 7.31. The number of hydrogen-bond acceptors (Lipinski definition) is 3. The second-order valence-corrected chi connectivity index (χ2v) is 7.89. The lowest BCUT2D eigenvalue weighted by Crippen LogP contribution is -2.45. The highest BCUT2D eigenvalue weighted by Crippen LogP contribution is 2.27. The highest BCUT2D eigenvalue weighted by Gasteiger charge is 2.28. The van der Waals surface area contributed by atoms with Crippen LogP contribution in [0.15, 0.2) is 41.7 Å². The van der Waals surface area contributed by atoms with E-state index in [4.69, 9.17) is 4.74 Å². The number of aromatic nitrogens is 2. The van der Waals surface area contributed by atoms with E-state index < -0.39 is 0 Å². The summed E-state index contributed by atoms with van der Waals surface area (Å²) in [6.07, 6.45) is 5.24. The fraction of sp³-hybridized carbons (Fsp3) is 0.524. The number of benzene rings is 1. The molecule has 0 radical (unpaired) electrons. The van der Waals surface area contributed by atoms with Crippen LogP contribution in [0.3, 0.4) is 0 Å². The van der Waals surface area contributed by atoms with Crippen LogP contribution in [-0.4, -0.2) is 54.4 Å². The molecule has 0 aliphatic carbocycles. The molecule has 0 amide bonds. The molecule has 1 unspecified atom stereocenters. The Hall–Kier alpha value is -2.50. The van der Waals surface area contributed by atoms with Crippen molar-refractivity contribution in [3.63, 3.8) is 0 Å². The van der Waals surface area contributed by atoms with Gasteiger partial charge < -0.3 is 15.0 Å². The largest absolute Gasteiger partial charge is 0.497 e. The van der Waals surface area contributed by atoms with E-state index in [2.05, 4.69) is 52.5 Å². The Morgan fingerprint density at radius 3 is 2.67 bits per heavy atom. The van der Waals surface area contributed by atoms with Crippen LogP contribution in [0.5, 0.6) is 5.75 Å². The number of rotatable bonds is 5. The topological polar surface area (TPSA) is 54.7 Å². The Morgan fingerprint density at radius 1 is 1.33 bits per heavy atom.